The Labute approximate surface area is 108 Å². The molecular weight excluding hydrogens is 293 g/mol. The molecule has 0 saturated heterocycles. The number of halogens is 2. The van der Waals surface area contributed by atoms with Crippen LogP contribution in [0.15, 0.2) is 27.8 Å². The van der Waals surface area contributed by atoms with Crippen molar-refractivity contribution in [3.8, 4) is 0 Å². The molecule has 0 radical (unpaired) electrons. The second-order valence-electron chi connectivity index (χ2n) is 3.47. The highest BCUT2D eigenvalue weighted by atomic mass is 79.9. The number of amidine groups is 1. The summed E-state index contributed by atoms with van der Waals surface area (Å²) in [5.41, 5.74) is 6.34. The molecule has 4 N–H and O–H groups in total. The molecule has 1 aromatic rings. The molecular formula is C10H13BrClN3O. The number of oxime groups is 1. The van der Waals surface area contributed by atoms with E-state index < -0.39 is 0 Å². The summed E-state index contributed by atoms with van der Waals surface area (Å²) in [7, 11) is 0. The smallest absolute Gasteiger partial charge is 0.141 e. The predicted molar refractivity (Wildman–Crippen MR) is 70.3 cm³/mol. The van der Waals surface area contributed by atoms with Crippen molar-refractivity contribution in [2.24, 2.45) is 10.9 Å². The molecule has 16 heavy (non-hydrogen) atoms. The molecule has 4 nitrogen and oxygen atoms in total. The van der Waals surface area contributed by atoms with Gasteiger partial charge in [-0.05, 0) is 41.1 Å². The molecule has 1 aromatic carbocycles. The second-order valence-corrected chi connectivity index (χ2v) is 4.73. The maximum absolute atomic E-state index is 8.44. The minimum absolute atomic E-state index is 0.0731. The summed E-state index contributed by atoms with van der Waals surface area (Å²) in [5.74, 6) is 0.202. The largest absolute Gasteiger partial charge is 0.409 e. The first-order chi connectivity index (χ1) is 7.52. The van der Waals surface area contributed by atoms with Gasteiger partial charge in [0.1, 0.15) is 5.84 Å². The second kappa shape index (κ2) is 5.96. The summed E-state index contributed by atoms with van der Waals surface area (Å²) >= 11 is 9.22. The lowest BCUT2D eigenvalue weighted by Gasteiger charge is -2.14. The van der Waals surface area contributed by atoms with Crippen LogP contribution in [0.1, 0.15) is 13.3 Å². The zero-order valence-corrected chi connectivity index (χ0v) is 11.1. The van der Waals surface area contributed by atoms with Crippen LogP contribution in [-0.4, -0.2) is 17.1 Å². The van der Waals surface area contributed by atoms with Crippen LogP contribution in [0.5, 0.6) is 0 Å². The number of hydrogen-bond donors (Lipinski definition) is 3. The monoisotopic (exact) mass is 305 g/mol. The Morgan fingerprint density at radius 3 is 2.94 bits per heavy atom. The topological polar surface area (TPSA) is 70.6 Å². The summed E-state index contributed by atoms with van der Waals surface area (Å²) < 4.78 is 0.829. The van der Waals surface area contributed by atoms with E-state index in [4.69, 9.17) is 22.5 Å². The average Bonchev–Trinajstić information content (AvgIpc) is 2.23. The van der Waals surface area contributed by atoms with Gasteiger partial charge in [0.25, 0.3) is 0 Å². The quantitative estimate of drug-likeness (QED) is 0.346. The number of nitrogens with two attached hydrogens (primary N) is 1. The van der Waals surface area contributed by atoms with Gasteiger partial charge in [-0.2, -0.15) is 0 Å². The van der Waals surface area contributed by atoms with Crippen molar-refractivity contribution in [2.75, 3.05) is 5.32 Å². The zero-order chi connectivity index (χ0) is 12.1. The lowest BCUT2D eigenvalue weighted by Crippen LogP contribution is -2.24. The SMILES string of the molecule is CC(CC(N)=NO)Nc1ccc(Cl)c(Br)c1. The van der Waals surface area contributed by atoms with Crippen LogP contribution < -0.4 is 11.1 Å². The van der Waals surface area contributed by atoms with Gasteiger partial charge in [-0.15, -0.1) is 0 Å². The van der Waals surface area contributed by atoms with Gasteiger partial charge in [-0.3, -0.25) is 0 Å². The van der Waals surface area contributed by atoms with Crippen LogP contribution in [-0.2, 0) is 0 Å². The Hall–Kier alpha value is -0.940. The van der Waals surface area contributed by atoms with Gasteiger partial charge in [0.15, 0.2) is 0 Å². The number of benzene rings is 1. The third kappa shape index (κ3) is 3.90. The molecule has 1 rings (SSSR count). The van der Waals surface area contributed by atoms with E-state index in [2.05, 4.69) is 26.4 Å². The summed E-state index contributed by atoms with van der Waals surface area (Å²) in [6.07, 6.45) is 0.469. The molecule has 0 aliphatic carbocycles. The van der Waals surface area contributed by atoms with E-state index in [1.54, 1.807) is 6.07 Å². The highest BCUT2D eigenvalue weighted by molar-refractivity contribution is 9.10. The molecule has 0 aliphatic rings. The van der Waals surface area contributed by atoms with Gasteiger partial charge in [0.05, 0.1) is 5.02 Å². The Morgan fingerprint density at radius 1 is 1.69 bits per heavy atom. The van der Waals surface area contributed by atoms with Crippen molar-refractivity contribution < 1.29 is 5.21 Å². The lowest BCUT2D eigenvalue weighted by molar-refractivity contribution is 0.316. The molecule has 0 heterocycles. The van der Waals surface area contributed by atoms with Gasteiger partial charge < -0.3 is 16.3 Å². The van der Waals surface area contributed by atoms with E-state index in [0.29, 0.717) is 11.4 Å². The summed E-state index contributed by atoms with van der Waals surface area (Å²) in [5, 5.41) is 15.2. The molecule has 0 aromatic heterocycles. The van der Waals surface area contributed by atoms with Crippen LogP contribution in [0.4, 0.5) is 5.69 Å². The molecule has 88 valence electrons. The van der Waals surface area contributed by atoms with Gasteiger partial charge in [-0.25, -0.2) is 0 Å². The van der Waals surface area contributed by atoms with E-state index in [9.17, 15) is 0 Å². The van der Waals surface area contributed by atoms with Crippen LogP contribution in [0, 0.1) is 0 Å². The Bertz CT molecular complexity index is 398. The van der Waals surface area contributed by atoms with Gasteiger partial charge in [0, 0.05) is 22.6 Å². The van der Waals surface area contributed by atoms with Crippen LogP contribution in [0.3, 0.4) is 0 Å². The van der Waals surface area contributed by atoms with Crippen molar-refractivity contribution in [3.05, 3.63) is 27.7 Å². The maximum atomic E-state index is 8.44. The van der Waals surface area contributed by atoms with Crippen LogP contribution >= 0.6 is 27.5 Å². The molecule has 0 spiro atoms. The first kappa shape index (κ1) is 13.1. The highest BCUT2D eigenvalue weighted by Gasteiger charge is 2.06. The van der Waals surface area contributed by atoms with E-state index in [1.807, 2.05) is 19.1 Å². The van der Waals surface area contributed by atoms with Crippen LogP contribution in [0.25, 0.3) is 0 Å². The van der Waals surface area contributed by atoms with Crippen LogP contribution in [0.2, 0.25) is 5.02 Å². The molecule has 0 aliphatic heterocycles. The van der Waals surface area contributed by atoms with Gasteiger partial charge in [-0.1, -0.05) is 16.8 Å². The third-order valence-electron chi connectivity index (χ3n) is 1.98. The average molecular weight is 307 g/mol. The minimum atomic E-state index is 0.0731. The summed E-state index contributed by atoms with van der Waals surface area (Å²) in [6, 6.07) is 5.62. The number of nitrogens with one attached hydrogen (secondary N) is 1. The number of nitrogens with zero attached hydrogens (tertiary/aromatic N) is 1. The fourth-order valence-electron chi connectivity index (χ4n) is 1.28. The number of hydrogen-bond acceptors (Lipinski definition) is 3. The third-order valence-corrected chi connectivity index (χ3v) is 3.19. The Morgan fingerprint density at radius 2 is 2.38 bits per heavy atom. The first-order valence-corrected chi connectivity index (χ1v) is 5.88. The molecule has 0 fully saturated rings. The van der Waals surface area contributed by atoms with Gasteiger partial charge >= 0.3 is 0 Å². The van der Waals surface area contributed by atoms with E-state index in [-0.39, 0.29) is 11.9 Å². The van der Waals surface area contributed by atoms with Crippen molar-refractivity contribution in [1.82, 2.24) is 0 Å². The molecule has 1 unspecified atom stereocenters. The fourth-order valence-corrected chi connectivity index (χ4v) is 1.77. The lowest BCUT2D eigenvalue weighted by atomic mass is 10.2. The Kier molecular flexibility index (Phi) is 4.89. The van der Waals surface area contributed by atoms with Crippen molar-refractivity contribution in [3.63, 3.8) is 0 Å². The predicted octanol–water partition coefficient (Wildman–Crippen LogP) is 3.04. The number of rotatable bonds is 4. The van der Waals surface area contributed by atoms with Gasteiger partial charge in [0.2, 0.25) is 0 Å². The van der Waals surface area contributed by atoms with Crippen molar-refractivity contribution in [1.29, 1.82) is 0 Å². The van der Waals surface area contributed by atoms with Crippen molar-refractivity contribution >= 4 is 39.1 Å². The summed E-state index contributed by atoms with van der Waals surface area (Å²) in [4.78, 5) is 0. The molecule has 0 saturated carbocycles. The standard InChI is InChI=1S/C10H13BrClN3O/c1-6(4-10(13)15-16)14-7-2-3-9(12)8(11)5-7/h2-3,5-6,14,16H,4H2,1H3,(H2,13,15). The first-order valence-electron chi connectivity index (χ1n) is 4.71. The number of anilines is 1. The van der Waals surface area contributed by atoms with E-state index >= 15 is 0 Å². The zero-order valence-electron chi connectivity index (χ0n) is 8.74. The molecule has 0 bridgehead atoms. The normalized spacial score (nSPS) is 13.6. The minimum Gasteiger partial charge on any atom is -0.409 e. The summed E-state index contributed by atoms with van der Waals surface area (Å²) in [6.45, 7) is 1.94. The maximum Gasteiger partial charge on any atom is 0.141 e. The molecule has 0 amide bonds. The van der Waals surface area contributed by atoms with E-state index in [0.717, 1.165) is 10.2 Å². The van der Waals surface area contributed by atoms with E-state index in [1.165, 1.54) is 0 Å². The molecule has 1 atom stereocenters. The molecule has 6 heteroatoms. The van der Waals surface area contributed by atoms with Crippen molar-refractivity contribution in [2.45, 2.75) is 19.4 Å². The Balaban J connectivity index is 2.63. The fraction of sp³-hybridized carbons (Fsp3) is 0.300. The highest BCUT2D eigenvalue weighted by Crippen LogP contribution is 2.25.